The van der Waals surface area contributed by atoms with E-state index in [4.69, 9.17) is 0 Å². The molecule has 0 aliphatic carbocycles. The van der Waals surface area contributed by atoms with Gasteiger partial charge in [0.25, 0.3) is 0 Å². The van der Waals surface area contributed by atoms with Crippen LogP contribution in [0.3, 0.4) is 0 Å². The van der Waals surface area contributed by atoms with Crippen molar-refractivity contribution in [2.24, 2.45) is 0 Å². The molecule has 0 aliphatic rings. The van der Waals surface area contributed by atoms with Crippen molar-refractivity contribution in [3.63, 3.8) is 0 Å². The Morgan fingerprint density at radius 3 is 2.38 bits per heavy atom. The first kappa shape index (κ1) is 14.3. The van der Waals surface area contributed by atoms with E-state index in [1.807, 2.05) is 46.9 Å². The summed E-state index contributed by atoms with van der Waals surface area (Å²) in [5.74, 6) is -0.0471. The van der Waals surface area contributed by atoms with Crippen LogP contribution in [0.1, 0.15) is 28.5 Å². The molecule has 0 fully saturated rings. The third-order valence-electron chi connectivity index (χ3n) is 4.31. The lowest BCUT2D eigenvalue weighted by Crippen LogP contribution is -2.00. The fourth-order valence-corrected chi connectivity index (χ4v) is 3.27. The van der Waals surface area contributed by atoms with Crippen LogP contribution in [-0.4, -0.2) is 14.8 Å². The number of fused-ring (bicyclic) bond motifs is 3. The van der Waals surface area contributed by atoms with Gasteiger partial charge < -0.3 is 4.57 Å². The van der Waals surface area contributed by atoms with Crippen LogP contribution in [0.15, 0.2) is 60.7 Å². The second-order valence-electron chi connectivity index (χ2n) is 5.83. The van der Waals surface area contributed by atoms with Gasteiger partial charge in [-0.15, -0.1) is 0 Å². The Morgan fingerprint density at radius 1 is 1.04 bits per heavy atom. The fraction of sp³-hybridized carbons (Fsp3) is 0.100. The summed E-state index contributed by atoms with van der Waals surface area (Å²) < 4.78 is 4.01. The van der Waals surface area contributed by atoms with Gasteiger partial charge in [0, 0.05) is 13.5 Å². The van der Waals surface area contributed by atoms with Crippen LogP contribution in [0.2, 0.25) is 0 Å². The van der Waals surface area contributed by atoms with Gasteiger partial charge in [0.05, 0.1) is 22.3 Å². The molecule has 4 nitrogen and oxygen atoms in total. The molecular weight excluding hydrogens is 298 g/mol. The van der Waals surface area contributed by atoms with Crippen molar-refractivity contribution in [2.75, 3.05) is 0 Å². The Morgan fingerprint density at radius 2 is 1.71 bits per heavy atom. The van der Waals surface area contributed by atoms with Crippen molar-refractivity contribution in [1.29, 1.82) is 5.26 Å². The number of carbonyl (C=O) groups excluding carboxylic acids is 1. The van der Waals surface area contributed by atoms with Crippen LogP contribution in [0.4, 0.5) is 0 Å². The number of Topliss-reactive ketones (excluding diaryl/α,β-unsaturated/α-hetero) is 1. The predicted octanol–water partition coefficient (Wildman–Crippen LogP) is 4.02. The summed E-state index contributed by atoms with van der Waals surface area (Å²) in [5, 5.41) is 9.56. The third kappa shape index (κ3) is 2.03. The molecule has 116 valence electrons. The third-order valence-corrected chi connectivity index (χ3v) is 4.31. The minimum Gasteiger partial charge on any atom is -0.320 e. The van der Waals surface area contributed by atoms with Crippen molar-refractivity contribution in [2.45, 2.75) is 13.5 Å². The topological polar surface area (TPSA) is 50.2 Å². The molecule has 2 aromatic heterocycles. The van der Waals surface area contributed by atoms with E-state index in [2.05, 4.69) is 22.8 Å². The molecule has 2 aromatic carbocycles. The highest BCUT2D eigenvalue weighted by atomic mass is 16.1. The van der Waals surface area contributed by atoms with E-state index in [1.165, 1.54) is 6.92 Å². The molecule has 0 amide bonds. The van der Waals surface area contributed by atoms with Crippen molar-refractivity contribution >= 4 is 22.5 Å². The second-order valence-corrected chi connectivity index (χ2v) is 5.83. The highest BCUT2D eigenvalue weighted by Crippen LogP contribution is 2.28. The van der Waals surface area contributed by atoms with E-state index < -0.39 is 0 Å². The quantitative estimate of drug-likeness (QED) is 0.536. The van der Waals surface area contributed by atoms with Crippen LogP contribution >= 0.6 is 0 Å². The van der Waals surface area contributed by atoms with Gasteiger partial charge in [-0.25, -0.2) is 0 Å². The van der Waals surface area contributed by atoms with Crippen molar-refractivity contribution < 1.29 is 4.79 Å². The number of imidazole rings is 1. The maximum atomic E-state index is 12.1. The van der Waals surface area contributed by atoms with Gasteiger partial charge in [-0.2, -0.15) is 5.26 Å². The Labute approximate surface area is 139 Å². The average molecular weight is 313 g/mol. The van der Waals surface area contributed by atoms with Gasteiger partial charge in [0.15, 0.2) is 5.78 Å². The van der Waals surface area contributed by atoms with E-state index in [-0.39, 0.29) is 5.78 Å². The first-order valence-corrected chi connectivity index (χ1v) is 7.78. The van der Waals surface area contributed by atoms with Crippen LogP contribution in [0.25, 0.3) is 16.7 Å². The molecule has 2 heterocycles. The summed E-state index contributed by atoms with van der Waals surface area (Å²) in [6, 6.07) is 22.0. The Bertz CT molecular complexity index is 1110. The number of aromatic nitrogens is 2. The largest absolute Gasteiger partial charge is 0.320 e. The summed E-state index contributed by atoms with van der Waals surface area (Å²) in [6.07, 6.45) is 0. The maximum Gasteiger partial charge on any atom is 0.176 e. The van der Waals surface area contributed by atoms with Crippen molar-refractivity contribution in [3.8, 4) is 6.07 Å². The molecule has 0 bridgehead atoms. The smallest absolute Gasteiger partial charge is 0.176 e. The second kappa shape index (κ2) is 5.39. The molecule has 0 spiro atoms. The zero-order valence-electron chi connectivity index (χ0n) is 13.2. The van der Waals surface area contributed by atoms with Gasteiger partial charge in [-0.1, -0.05) is 42.5 Å². The number of nitrogens with zero attached hydrogens (tertiary/aromatic N) is 3. The van der Waals surface area contributed by atoms with Gasteiger partial charge in [0.2, 0.25) is 0 Å². The zero-order valence-corrected chi connectivity index (χ0v) is 13.2. The summed E-state index contributed by atoms with van der Waals surface area (Å²) in [7, 11) is 0. The molecule has 0 atom stereocenters. The number of ketones is 1. The summed E-state index contributed by atoms with van der Waals surface area (Å²) in [6.45, 7) is 2.18. The predicted molar refractivity (Wildman–Crippen MR) is 93.2 cm³/mol. The molecule has 0 N–H and O–H groups in total. The first-order valence-electron chi connectivity index (χ1n) is 7.78. The van der Waals surface area contributed by atoms with Gasteiger partial charge in [-0.3, -0.25) is 9.20 Å². The van der Waals surface area contributed by atoms with E-state index in [0.29, 0.717) is 17.8 Å². The minimum atomic E-state index is -0.0471. The molecule has 0 unspecified atom stereocenters. The highest BCUT2D eigenvalue weighted by molar-refractivity contribution is 5.98. The van der Waals surface area contributed by atoms with Crippen molar-refractivity contribution in [3.05, 3.63) is 77.5 Å². The SMILES string of the molecule is CC(=O)c1cc(C#N)c2n(Cc3ccccc3)c3ccccc3n12. The number of para-hydroxylation sites is 2. The monoisotopic (exact) mass is 313 g/mol. The van der Waals surface area contributed by atoms with Gasteiger partial charge in [-0.05, 0) is 23.8 Å². The van der Waals surface area contributed by atoms with E-state index in [1.54, 1.807) is 6.07 Å². The summed E-state index contributed by atoms with van der Waals surface area (Å²) in [5.41, 5.74) is 4.94. The molecular formula is C20H15N3O. The number of benzene rings is 2. The molecule has 4 aromatic rings. The highest BCUT2D eigenvalue weighted by Gasteiger charge is 2.20. The normalized spacial score (nSPS) is 11.0. The number of carbonyl (C=O) groups is 1. The standard InChI is InChI=1S/C20H15N3O/c1-14(24)19-11-16(12-21)20-22(13-15-7-3-2-4-8-15)17-9-5-6-10-18(17)23(19)20/h2-11H,13H2,1H3. The lowest BCUT2D eigenvalue weighted by molar-refractivity contribution is 0.101. The molecule has 4 rings (SSSR count). The van der Waals surface area contributed by atoms with E-state index in [0.717, 1.165) is 22.2 Å². The van der Waals surface area contributed by atoms with Gasteiger partial charge in [0.1, 0.15) is 11.7 Å². The molecule has 0 saturated carbocycles. The number of nitriles is 1. The molecule has 0 radical (unpaired) electrons. The van der Waals surface area contributed by atoms with Crippen molar-refractivity contribution in [1.82, 2.24) is 8.97 Å². The molecule has 4 heteroatoms. The molecule has 24 heavy (non-hydrogen) atoms. The lowest BCUT2D eigenvalue weighted by Gasteiger charge is -2.06. The van der Waals surface area contributed by atoms with Crippen LogP contribution < -0.4 is 0 Å². The fourth-order valence-electron chi connectivity index (χ4n) is 3.27. The summed E-state index contributed by atoms with van der Waals surface area (Å²) in [4.78, 5) is 12.1. The Balaban J connectivity index is 2.11. The number of hydrogen-bond donors (Lipinski definition) is 0. The zero-order chi connectivity index (χ0) is 16.7. The molecule has 0 saturated heterocycles. The Hall–Kier alpha value is -3.32. The van der Waals surface area contributed by atoms with Crippen LogP contribution in [-0.2, 0) is 6.54 Å². The molecule has 0 aliphatic heterocycles. The minimum absolute atomic E-state index is 0.0471. The van der Waals surface area contributed by atoms with E-state index >= 15 is 0 Å². The Kier molecular flexibility index (Phi) is 3.21. The van der Waals surface area contributed by atoms with Crippen LogP contribution in [0.5, 0.6) is 0 Å². The summed E-state index contributed by atoms with van der Waals surface area (Å²) >= 11 is 0. The first-order chi connectivity index (χ1) is 11.7. The maximum absolute atomic E-state index is 12.1. The number of rotatable bonds is 3. The van der Waals surface area contributed by atoms with Crippen LogP contribution in [0, 0.1) is 11.3 Å². The van der Waals surface area contributed by atoms with E-state index in [9.17, 15) is 10.1 Å². The number of hydrogen-bond acceptors (Lipinski definition) is 2. The van der Waals surface area contributed by atoms with Gasteiger partial charge >= 0.3 is 0 Å². The average Bonchev–Trinajstić information content (AvgIpc) is 3.13. The lowest BCUT2D eigenvalue weighted by atomic mass is 10.2.